The first kappa shape index (κ1) is 9.37. The highest BCUT2D eigenvalue weighted by Gasteiger charge is 1.99. The van der Waals surface area contributed by atoms with Gasteiger partial charge in [0.1, 0.15) is 11.2 Å². The minimum absolute atomic E-state index is 0.907. The van der Waals surface area contributed by atoms with Gasteiger partial charge in [-0.2, -0.15) is 0 Å². The van der Waals surface area contributed by atoms with Crippen molar-refractivity contribution >= 4 is 11.3 Å². The summed E-state index contributed by atoms with van der Waals surface area (Å²) in [5.74, 6) is 0. The Morgan fingerprint density at radius 2 is 2.14 bits per heavy atom. The van der Waals surface area contributed by atoms with Gasteiger partial charge in [0.2, 0.25) is 0 Å². The molecule has 0 saturated carbocycles. The van der Waals surface area contributed by atoms with E-state index in [4.69, 9.17) is 0 Å². The van der Waals surface area contributed by atoms with Gasteiger partial charge in [0.15, 0.2) is 0 Å². The van der Waals surface area contributed by atoms with Crippen molar-refractivity contribution in [2.75, 3.05) is 7.05 Å². The van der Waals surface area contributed by atoms with Gasteiger partial charge in [0.05, 0.1) is 0 Å². The fourth-order valence-electron chi connectivity index (χ4n) is 1.30. The van der Waals surface area contributed by atoms with Gasteiger partial charge < -0.3 is 5.32 Å². The van der Waals surface area contributed by atoms with E-state index in [-0.39, 0.29) is 0 Å². The molecule has 0 atom stereocenters. The van der Waals surface area contributed by atoms with Crippen LogP contribution >= 0.6 is 11.3 Å². The van der Waals surface area contributed by atoms with Crippen molar-refractivity contribution in [3.8, 4) is 10.6 Å². The second-order valence-electron chi connectivity index (χ2n) is 3.01. The summed E-state index contributed by atoms with van der Waals surface area (Å²) in [6.45, 7) is 0.907. The van der Waals surface area contributed by atoms with Gasteiger partial charge in [0.25, 0.3) is 0 Å². The lowest BCUT2D eigenvalue weighted by atomic mass is 10.1. The van der Waals surface area contributed by atoms with Gasteiger partial charge >= 0.3 is 0 Å². The Labute approximate surface area is 87.6 Å². The molecule has 0 amide bonds. The van der Waals surface area contributed by atoms with Gasteiger partial charge in [-0.1, -0.05) is 24.3 Å². The summed E-state index contributed by atoms with van der Waals surface area (Å²) in [5, 5.41) is 6.02. The van der Waals surface area contributed by atoms with Gasteiger partial charge in [0, 0.05) is 17.5 Å². The van der Waals surface area contributed by atoms with Crippen LogP contribution in [0.25, 0.3) is 10.6 Å². The summed E-state index contributed by atoms with van der Waals surface area (Å²) in [5.41, 5.74) is 2.45. The maximum absolute atomic E-state index is 4.14. The largest absolute Gasteiger partial charge is 0.316 e. The highest BCUT2D eigenvalue weighted by Crippen LogP contribution is 2.21. The predicted octanol–water partition coefficient (Wildman–Crippen LogP) is 2.33. The zero-order valence-electron chi connectivity index (χ0n) is 7.95. The Bertz CT molecular complexity index is 378. The first-order valence-corrected chi connectivity index (χ1v) is 5.33. The van der Waals surface area contributed by atoms with Crippen molar-refractivity contribution in [3.05, 3.63) is 41.4 Å². The van der Waals surface area contributed by atoms with E-state index in [0.717, 1.165) is 17.1 Å². The van der Waals surface area contributed by atoms with Crippen molar-refractivity contribution in [1.82, 2.24) is 10.3 Å². The van der Waals surface area contributed by atoms with Gasteiger partial charge in [-0.05, 0) is 12.6 Å². The molecule has 14 heavy (non-hydrogen) atoms. The molecule has 2 rings (SSSR count). The number of rotatable bonds is 3. The zero-order valence-corrected chi connectivity index (χ0v) is 8.77. The molecule has 2 nitrogen and oxygen atoms in total. The molecule has 0 fully saturated rings. The molecule has 2 aromatic rings. The van der Waals surface area contributed by atoms with Crippen LogP contribution in [0.1, 0.15) is 5.56 Å². The van der Waals surface area contributed by atoms with Gasteiger partial charge in [-0.15, -0.1) is 11.3 Å². The normalized spacial score (nSPS) is 10.4. The minimum Gasteiger partial charge on any atom is -0.316 e. The summed E-state index contributed by atoms with van der Waals surface area (Å²) >= 11 is 1.61. The number of nitrogens with zero attached hydrogens (tertiary/aromatic N) is 1. The number of hydrogen-bond acceptors (Lipinski definition) is 3. The van der Waals surface area contributed by atoms with Crippen molar-refractivity contribution < 1.29 is 0 Å². The van der Waals surface area contributed by atoms with Crippen LogP contribution in [-0.2, 0) is 6.54 Å². The lowest BCUT2D eigenvalue weighted by Crippen LogP contribution is -2.04. The molecule has 1 N–H and O–H groups in total. The third-order valence-electron chi connectivity index (χ3n) is 1.97. The van der Waals surface area contributed by atoms with Gasteiger partial charge in [-0.3, -0.25) is 0 Å². The average molecular weight is 203 g/mol. The van der Waals surface area contributed by atoms with E-state index in [1.54, 1.807) is 11.3 Å². The molecule has 0 bridgehead atoms. The molecule has 71 valence electrons. The zero-order chi connectivity index (χ0) is 9.80. The standard InChI is InChI=1S/C11H11N2S/c1-12-8-9-2-4-10(5-3-9)11-13-6-7-14-11/h2-5,7,12H,8H2,1H3. The van der Waals surface area contributed by atoms with Crippen LogP contribution in [0.4, 0.5) is 0 Å². The summed E-state index contributed by atoms with van der Waals surface area (Å²) in [4.78, 5) is 4.14. The molecule has 1 radical (unpaired) electrons. The topological polar surface area (TPSA) is 24.9 Å². The SMILES string of the molecule is CNCc1ccc(-c2n[c]cs2)cc1. The third-order valence-corrected chi connectivity index (χ3v) is 2.74. The van der Waals surface area contributed by atoms with Gasteiger partial charge in [-0.25, -0.2) is 4.98 Å². The lowest BCUT2D eigenvalue weighted by molar-refractivity contribution is 0.818. The Kier molecular flexibility index (Phi) is 2.91. The van der Waals surface area contributed by atoms with E-state index < -0.39 is 0 Å². The average Bonchev–Trinajstić information content (AvgIpc) is 2.72. The van der Waals surface area contributed by atoms with Crippen molar-refractivity contribution in [1.29, 1.82) is 0 Å². The summed E-state index contributed by atoms with van der Waals surface area (Å²) < 4.78 is 0. The Balaban J connectivity index is 2.22. The molecular weight excluding hydrogens is 192 g/mol. The van der Waals surface area contributed by atoms with E-state index in [9.17, 15) is 0 Å². The summed E-state index contributed by atoms with van der Waals surface area (Å²) in [6.07, 6.45) is 2.82. The van der Waals surface area contributed by atoms with Crippen molar-refractivity contribution in [2.45, 2.75) is 6.54 Å². The maximum Gasteiger partial charge on any atom is 0.124 e. The predicted molar refractivity (Wildman–Crippen MR) is 59.1 cm³/mol. The molecule has 0 unspecified atom stereocenters. The van der Waals surface area contributed by atoms with Crippen LogP contribution in [0.3, 0.4) is 0 Å². The molecular formula is C11H11N2S. The van der Waals surface area contributed by atoms with Crippen molar-refractivity contribution in [2.24, 2.45) is 0 Å². The Hall–Kier alpha value is -1.19. The van der Waals surface area contributed by atoms with E-state index in [1.807, 2.05) is 12.4 Å². The van der Waals surface area contributed by atoms with E-state index in [1.165, 1.54) is 5.56 Å². The maximum atomic E-state index is 4.14. The first-order chi connectivity index (χ1) is 6.90. The highest BCUT2D eigenvalue weighted by atomic mass is 32.1. The van der Waals surface area contributed by atoms with Crippen LogP contribution < -0.4 is 5.32 Å². The molecule has 0 saturated heterocycles. The lowest BCUT2D eigenvalue weighted by Gasteiger charge is -2.00. The monoisotopic (exact) mass is 203 g/mol. The summed E-state index contributed by atoms with van der Waals surface area (Å²) in [6, 6.07) is 8.43. The van der Waals surface area contributed by atoms with E-state index in [0.29, 0.717) is 0 Å². The number of nitrogens with one attached hydrogen (secondary N) is 1. The summed E-state index contributed by atoms with van der Waals surface area (Å²) in [7, 11) is 1.95. The smallest absolute Gasteiger partial charge is 0.124 e. The van der Waals surface area contributed by atoms with Crippen LogP contribution in [-0.4, -0.2) is 12.0 Å². The Morgan fingerprint density at radius 1 is 1.36 bits per heavy atom. The van der Waals surface area contributed by atoms with Crippen LogP contribution in [0, 0.1) is 6.20 Å². The molecule has 3 heteroatoms. The molecule has 1 aromatic carbocycles. The number of aromatic nitrogens is 1. The highest BCUT2D eigenvalue weighted by molar-refractivity contribution is 7.13. The Morgan fingerprint density at radius 3 is 2.71 bits per heavy atom. The van der Waals surface area contributed by atoms with Crippen LogP contribution in [0.2, 0.25) is 0 Å². The second kappa shape index (κ2) is 4.35. The first-order valence-electron chi connectivity index (χ1n) is 4.45. The van der Waals surface area contributed by atoms with Crippen LogP contribution in [0.15, 0.2) is 29.6 Å². The van der Waals surface area contributed by atoms with E-state index >= 15 is 0 Å². The fraction of sp³-hybridized carbons (Fsp3) is 0.182. The molecule has 1 aromatic heterocycles. The van der Waals surface area contributed by atoms with Crippen LogP contribution in [0.5, 0.6) is 0 Å². The minimum atomic E-state index is 0.907. The molecule has 0 aliphatic carbocycles. The number of thiazole rings is 1. The number of hydrogen-bond donors (Lipinski definition) is 1. The fourth-order valence-corrected chi connectivity index (χ4v) is 1.89. The second-order valence-corrected chi connectivity index (χ2v) is 3.87. The molecule has 0 aliphatic heterocycles. The molecule has 1 heterocycles. The third kappa shape index (κ3) is 2.00. The molecule has 0 spiro atoms. The van der Waals surface area contributed by atoms with E-state index in [2.05, 4.69) is 40.8 Å². The van der Waals surface area contributed by atoms with Crippen molar-refractivity contribution in [3.63, 3.8) is 0 Å². The molecule has 0 aliphatic rings. The quantitative estimate of drug-likeness (QED) is 0.828. The number of benzene rings is 1.